The largest absolute Gasteiger partial charge is 0.457 e. The van der Waals surface area contributed by atoms with Gasteiger partial charge < -0.3 is 10.1 Å². The van der Waals surface area contributed by atoms with Crippen molar-refractivity contribution < 1.29 is 9.66 Å². The first kappa shape index (κ1) is 14.8. The molecule has 1 aromatic heterocycles. The molecule has 0 aliphatic rings. The monoisotopic (exact) mass is 287 g/mol. The molecule has 0 radical (unpaired) electrons. The number of nitro benzene ring substituents is 1. The number of aryl methyl sites for hydroxylation is 1. The Morgan fingerprint density at radius 2 is 2.14 bits per heavy atom. The van der Waals surface area contributed by atoms with Crippen LogP contribution in [0.4, 0.5) is 11.5 Å². The van der Waals surface area contributed by atoms with Crippen LogP contribution in [0.2, 0.25) is 0 Å². The zero-order chi connectivity index (χ0) is 15.2. The van der Waals surface area contributed by atoms with Gasteiger partial charge in [0.2, 0.25) is 0 Å². The van der Waals surface area contributed by atoms with Gasteiger partial charge in [-0.05, 0) is 31.0 Å². The van der Waals surface area contributed by atoms with Crippen LogP contribution in [0.1, 0.15) is 18.9 Å². The third-order valence-corrected chi connectivity index (χ3v) is 2.90. The van der Waals surface area contributed by atoms with Crippen molar-refractivity contribution in [2.75, 3.05) is 11.9 Å². The molecule has 110 valence electrons. The molecule has 0 unspecified atom stereocenters. The molecule has 1 aromatic carbocycles. The maximum absolute atomic E-state index is 10.8. The van der Waals surface area contributed by atoms with Gasteiger partial charge in [-0.1, -0.05) is 6.92 Å². The van der Waals surface area contributed by atoms with Crippen LogP contribution >= 0.6 is 0 Å². The fourth-order valence-corrected chi connectivity index (χ4v) is 1.76. The average molecular weight is 287 g/mol. The van der Waals surface area contributed by atoms with Crippen molar-refractivity contribution in [2.24, 2.45) is 0 Å². The van der Waals surface area contributed by atoms with E-state index >= 15 is 0 Å². The molecule has 6 nitrogen and oxygen atoms in total. The number of hydrogen-bond acceptors (Lipinski definition) is 5. The zero-order valence-electron chi connectivity index (χ0n) is 12.0. The van der Waals surface area contributed by atoms with Gasteiger partial charge in [-0.2, -0.15) is 0 Å². The van der Waals surface area contributed by atoms with E-state index in [1.165, 1.54) is 12.1 Å². The molecule has 2 rings (SSSR count). The van der Waals surface area contributed by atoms with Crippen molar-refractivity contribution in [1.29, 1.82) is 0 Å². The number of nitrogens with one attached hydrogen (secondary N) is 1. The molecular weight excluding hydrogens is 270 g/mol. The summed E-state index contributed by atoms with van der Waals surface area (Å²) in [6, 6.07) is 8.05. The predicted molar refractivity (Wildman–Crippen MR) is 80.9 cm³/mol. The Labute approximate surface area is 122 Å². The number of nitrogens with zero attached hydrogens (tertiary/aromatic N) is 2. The lowest BCUT2D eigenvalue weighted by Gasteiger charge is -2.10. The number of pyridine rings is 1. The number of nitro groups is 1. The minimum Gasteiger partial charge on any atom is -0.457 e. The van der Waals surface area contributed by atoms with Crippen LogP contribution in [0.15, 0.2) is 36.5 Å². The molecule has 0 saturated carbocycles. The number of hydrogen-bond donors (Lipinski definition) is 1. The van der Waals surface area contributed by atoms with Crippen molar-refractivity contribution in [1.82, 2.24) is 4.98 Å². The van der Waals surface area contributed by atoms with Crippen LogP contribution in [0.3, 0.4) is 0 Å². The number of rotatable bonds is 6. The topological polar surface area (TPSA) is 77.3 Å². The minimum atomic E-state index is -0.437. The fourth-order valence-electron chi connectivity index (χ4n) is 1.76. The molecule has 0 saturated heterocycles. The smallest absolute Gasteiger partial charge is 0.273 e. The van der Waals surface area contributed by atoms with Gasteiger partial charge in [0, 0.05) is 24.9 Å². The normalized spacial score (nSPS) is 10.2. The van der Waals surface area contributed by atoms with E-state index in [4.69, 9.17) is 4.74 Å². The first-order valence-electron chi connectivity index (χ1n) is 6.73. The summed E-state index contributed by atoms with van der Waals surface area (Å²) in [6.45, 7) is 4.74. The quantitative estimate of drug-likeness (QED) is 0.643. The molecule has 1 heterocycles. The SMILES string of the molecule is CCCNc1cc(Oc2cc([N+](=O)[O-])ccc2C)ccn1. The number of anilines is 1. The molecular formula is C15H17N3O3. The number of ether oxygens (including phenoxy) is 1. The Hall–Kier alpha value is -2.63. The summed E-state index contributed by atoms with van der Waals surface area (Å²) < 4.78 is 5.74. The summed E-state index contributed by atoms with van der Waals surface area (Å²) in [4.78, 5) is 14.6. The molecule has 0 atom stereocenters. The van der Waals surface area contributed by atoms with E-state index < -0.39 is 4.92 Å². The van der Waals surface area contributed by atoms with Crippen molar-refractivity contribution in [3.8, 4) is 11.5 Å². The number of non-ortho nitro benzene ring substituents is 1. The molecule has 6 heteroatoms. The highest BCUT2D eigenvalue weighted by atomic mass is 16.6. The van der Waals surface area contributed by atoms with Crippen LogP contribution in [-0.4, -0.2) is 16.5 Å². The molecule has 21 heavy (non-hydrogen) atoms. The van der Waals surface area contributed by atoms with E-state index in [2.05, 4.69) is 17.2 Å². The van der Waals surface area contributed by atoms with E-state index in [1.807, 2.05) is 6.92 Å². The average Bonchev–Trinajstić information content (AvgIpc) is 2.47. The van der Waals surface area contributed by atoms with Gasteiger partial charge in [0.1, 0.15) is 17.3 Å². The van der Waals surface area contributed by atoms with Gasteiger partial charge in [0.05, 0.1) is 11.0 Å². The molecule has 0 spiro atoms. The number of aromatic nitrogens is 1. The van der Waals surface area contributed by atoms with Crippen LogP contribution in [0.25, 0.3) is 0 Å². The standard InChI is InChI=1S/C15H17N3O3/c1-3-7-16-15-10-13(6-8-17-15)21-14-9-12(18(19)20)5-4-11(14)2/h4-6,8-10H,3,7H2,1-2H3,(H,16,17). The maximum atomic E-state index is 10.8. The van der Waals surface area contributed by atoms with Crippen molar-refractivity contribution in [2.45, 2.75) is 20.3 Å². The van der Waals surface area contributed by atoms with Gasteiger partial charge in [0.15, 0.2) is 0 Å². The lowest BCUT2D eigenvalue weighted by Crippen LogP contribution is -2.01. The van der Waals surface area contributed by atoms with E-state index in [0.717, 1.165) is 24.3 Å². The molecule has 0 amide bonds. The summed E-state index contributed by atoms with van der Waals surface area (Å²) in [6.07, 6.45) is 2.64. The summed E-state index contributed by atoms with van der Waals surface area (Å²) in [7, 11) is 0. The first-order chi connectivity index (χ1) is 10.1. The van der Waals surface area contributed by atoms with Gasteiger partial charge in [-0.3, -0.25) is 10.1 Å². The summed E-state index contributed by atoms with van der Waals surface area (Å²) in [5.74, 6) is 1.78. The van der Waals surface area contributed by atoms with Crippen molar-refractivity contribution in [3.63, 3.8) is 0 Å². The zero-order valence-corrected chi connectivity index (χ0v) is 12.0. The van der Waals surface area contributed by atoms with Crippen LogP contribution < -0.4 is 10.1 Å². The molecule has 1 N–H and O–H groups in total. The Kier molecular flexibility index (Phi) is 4.71. The minimum absolute atomic E-state index is 0.00832. The van der Waals surface area contributed by atoms with Crippen molar-refractivity contribution in [3.05, 3.63) is 52.2 Å². The first-order valence-corrected chi connectivity index (χ1v) is 6.73. The van der Waals surface area contributed by atoms with E-state index in [0.29, 0.717) is 11.5 Å². The second-order valence-corrected chi connectivity index (χ2v) is 4.61. The summed E-state index contributed by atoms with van der Waals surface area (Å²) >= 11 is 0. The second kappa shape index (κ2) is 6.69. The van der Waals surface area contributed by atoms with Gasteiger partial charge >= 0.3 is 0 Å². The summed E-state index contributed by atoms with van der Waals surface area (Å²) in [5, 5.41) is 14.0. The third-order valence-electron chi connectivity index (χ3n) is 2.90. The van der Waals surface area contributed by atoms with E-state index in [1.54, 1.807) is 24.4 Å². The Balaban J connectivity index is 2.21. The van der Waals surface area contributed by atoms with E-state index in [9.17, 15) is 10.1 Å². The summed E-state index contributed by atoms with van der Waals surface area (Å²) in [5.41, 5.74) is 0.842. The molecule has 0 aliphatic carbocycles. The van der Waals surface area contributed by atoms with Crippen LogP contribution in [0.5, 0.6) is 11.5 Å². The van der Waals surface area contributed by atoms with Gasteiger partial charge in [-0.15, -0.1) is 0 Å². The van der Waals surface area contributed by atoms with E-state index in [-0.39, 0.29) is 5.69 Å². The third kappa shape index (κ3) is 3.92. The highest BCUT2D eigenvalue weighted by Gasteiger charge is 2.10. The molecule has 0 fully saturated rings. The fraction of sp³-hybridized carbons (Fsp3) is 0.267. The van der Waals surface area contributed by atoms with Crippen LogP contribution in [0, 0.1) is 17.0 Å². The molecule has 2 aromatic rings. The predicted octanol–water partition coefficient (Wildman–Crippen LogP) is 3.91. The highest BCUT2D eigenvalue weighted by Crippen LogP contribution is 2.29. The van der Waals surface area contributed by atoms with Crippen LogP contribution in [-0.2, 0) is 0 Å². The Bertz CT molecular complexity index is 644. The highest BCUT2D eigenvalue weighted by molar-refractivity contribution is 5.47. The maximum Gasteiger partial charge on any atom is 0.273 e. The number of benzene rings is 1. The Morgan fingerprint density at radius 1 is 1.33 bits per heavy atom. The van der Waals surface area contributed by atoms with Gasteiger partial charge in [-0.25, -0.2) is 4.98 Å². The lowest BCUT2D eigenvalue weighted by atomic mass is 10.2. The molecule has 0 aliphatic heterocycles. The Morgan fingerprint density at radius 3 is 2.86 bits per heavy atom. The van der Waals surface area contributed by atoms with Crippen molar-refractivity contribution >= 4 is 11.5 Å². The lowest BCUT2D eigenvalue weighted by molar-refractivity contribution is -0.384. The second-order valence-electron chi connectivity index (χ2n) is 4.61. The van der Waals surface area contributed by atoms with Gasteiger partial charge in [0.25, 0.3) is 5.69 Å². The molecule has 0 bridgehead atoms.